The SMILES string of the molecule is CCCc1c(C(=O)NCc2ccc3c(c2)OCO3)cnn1-c1ccc(Cl)cc1. The number of halogens is 1. The molecule has 3 aromatic rings. The van der Waals surface area contributed by atoms with E-state index in [4.69, 9.17) is 21.1 Å². The lowest BCUT2D eigenvalue weighted by Crippen LogP contribution is -2.24. The van der Waals surface area contributed by atoms with Crippen molar-refractivity contribution in [3.05, 3.63) is 70.5 Å². The van der Waals surface area contributed by atoms with Crippen LogP contribution in [-0.4, -0.2) is 22.5 Å². The molecule has 0 saturated heterocycles. The zero-order chi connectivity index (χ0) is 19.5. The minimum absolute atomic E-state index is 0.152. The van der Waals surface area contributed by atoms with E-state index in [1.807, 2.05) is 42.5 Å². The van der Waals surface area contributed by atoms with Gasteiger partial charge in [0.2, 0.25) is 6.79 Å². The Morgan fingerprint density at radius 3 is 2.75 bits per heavy atom. The number of nitrogens with zero attached hydrogens (tertiary/aromatic N) is 2. The number of fused-ring (bicyclic) bond motifs is 1. The van der Waals surface area contributed by atoms with E-state index in [0.29, 0.717) is 22.9 Å². The van der Waals surface area contributed by atoms with Crippen LogP contribution in [-0.2, 0) is 13.0 Å². The van der Waals surface area contributed by atoms with Gasteiger partial charge in [0.15, 0.2) is 11.5 Å². The van der Waals surface area contributed by atoms with Crippen LogP contribution in [0, 0.1) is 0 Å². The van der Waals surface area contributed by atoms with E-state index in [-0.39, 0.29) is 12.7 Å². The van der Waals surface area contributed by atoms with Crippen molar-refractivity contribution in [2.75, 3.05) is 6.79 Å². The highest BCUT2D eigenvalue weighted by atomic mass is 35.5. The van der Waals surface area contributed by atoms with Crippen LogP contribution in [0.25, 0.3) is 5.69 Å². The first-order valence-corrected chi connectivity index (χ1v) is 9.53. The summed E-state index contributed by atoms with van der Waals surface area (Å²) >= 11 is 5.98. The smallest absolute Gasteiger partial charge is 0.255 e. The van der Waals surface area contributed by atoms with Crippen molar-refractivity contribution in [2.24, 2.45) is 0 Å². The van der Waals surface area contributed by atoms with E-state index in [9.17, 15) is 4.79 Å². The van der Waals surface area contributed by atoms with Crippen LogP contribution < -0.4 is 14.8 Å². The van der Waals surface area contributed by atoms with Gasteiger partial charge in [0.25, 0.3) is 5.91 Å². The van der Waals surface area contributed by atoms with E-state index in [0.717, 1.165) is 35.5 Å². The molecule has 0 unspecified atom stereocenters. The standard InChI is InChI=1S/C21H20ClN3O3/c1-2-3-18-17(12-24-25(18)16-7-5-15(22)6-8-16)21(26)23-11-14-4-9-19-20(10-14)28-13-27-19/h4-10,12H,2-3,11,13H2,1H3,(H,23,26). The van der Waals surface area contributed by atoms with Crippen molar-refractivity contribution in [2.45, 2.75) is 26.3 Å². The maximum Gasteiger partial charge on any atom is 0.255 e. The molecule has 6 nitrogen and oxygen atoms in total. The molecule has 1 amide bonds. The van der Waals surface area contributed by atoms with Gasteiger partial charge in [0, 0.05) is 11.6 Å². The normalized spacial score (nSPS) is 12.2. The fourth-order valence-electron chi connectivity index (χ4n) is 3.17. The summed E-state index contributed by atoms with van der Waals surface area (Å²) in [5.41, 5.74) is 3.29. The second-order valence-corrected chi connectivity index (χ2v) is 6.95. The summed E-state index contributed by atoms with van der Waals surface area (Å²) < 4.78 is 12.5. The van der Waals surface area contributed by atoms with E-state index in [2.05, 4.69) is 17.3 Å². The average molecular weight is 398 g/mol. The molecule has 0 bridgehead atoms. The summed E-state index contributed by atoms with van der Waals surface area (Å²) in [6.07, 6.45) is 3.27. The molecule has 28 heavy (non-hydrogen) atoms. The Bertz CT molecular complexity index is 999. The summed E-state index contributed by atoms with van der Waals surface area (Å²) in [4.78, 5) is 12.8. The fourth-order valence-corrected chi connectivity index (χ4v) is 3.30. The molecule has 0 aliphatic carbocycles. The van der Waals surface area contributed by atoms with Crippen molar-refractivity contribution in [1.29, 1.82) is 0 Å². The van der Waals surface area contributed by atoms with Crippen molar-refractivity contribution in [3.63, 3.8) is 0 Å². The Kier molecular flexibility index (Phi) is 5.21. The molecular formula is C21H20ClN3O3. The number of amides is 1. The van der Waals surface area contributed by atoms with Gasteiger partial charge in [0.1, 0.15) is 0 Å². The maximum absolute atomic E-state index is 12.8. The number of carbonyl (C=O) groups excluding carboxylic acids is 1. The second kappa shape index (κ2) is 7.94. The molecular weight excluding hydrogens is 378 g/mol. The third-order valence-electron chi connectivity index (χ3n) is 4.56. The second-order valence-electron chi connectivity index (χ2n) is 6.51. The molecule has 0 saturated carbocycles. The van der Waals surface area contributed by atoms with Crippen molar-refractivity contribution >= 4 is 17.5 Å². The first-order chi connectivity index (χ1) is 13.7. The zero-order valence-electron chi connectivity index (χ0n) is 15.4. The molecule has 1 N–H and O–H groups in total. The number of benzene rings is 2. The highest BCUT2D eigenvalue weighted by Crippen LogP contribution is 2.32. The minimum Gasteiger partial charge on any atom is -0.454 e. The number of aromatic nitrogens is 2. The van der Waals surface area contributed by atoms with Gasteiger partial charge in [-0.3, -0.25) is 4.79 Å². The van der Waals surface area contributed by atoms with Crippen molar-refractivity contribution in [1.82, 2.24) is 15.1 Å². The first-order valence-electron chi connectivity index (χ1n) is 9.15. The molecule has 1 aliphatic rings. The number of carbonyl (C=O) groups is 1. The van der Waals surface area contributed by atoms with Crippen molar-refractivity contribution < 1.29 is 14.3 Å². The minimum atomic E-state index is -0.152. The molecule has 0 atom stereocenters. The number of nitrogens with one attached hydrogen (secondary N) is 1. The molecule has 0 fully saturated rings. The van der Waals surface area contributed by atoms with Crippen LogP contribution in [0.4, 0.5) is 0 Å². The number of ether oxygens (including phenoxy) is 2. The van der Waals surface area contributed by atoms with Crippen LogP contribution in [0.15, 0.2) is 48.7 Å². The third kappa shape index (κ3) is 3.68. The van der Waals surface area contributed by atoms with Gasteiger partial charge < -0.3 is 14.8 Å². The summed E-state index contributed by atoms with van der Waals surface area (Å²) in [7, 11) is 0. The number of hydrogen-bond acceptors (Lipinski definition) is 4. The van der Waals surface area contributed by atoms with Gasteiger partial charge in [-0.25, -0.2) is 4.68 Å². The Morgan fingerprint density at radius 1 is 1.18 bits per heavy atom. The monoisotopic (exact) mass is 397 g/mol. The quantitative estimate of drug-likeness (QED) is 0.679. The molecule has 7 heteroatoms. The highest BCUT2D eigenvalue weighted by molar-refractivity contribution is 6.30. The summed E-state index contributed by atoms with van der Waals surface area (Å²) in [5, 5.41) is 8.07. The average Bonchev–Trinajstić information content (AvgIpc) is 3.34. The van der Waals surface area contributed by atoms with Gasteiger partial charge in [-0.15, -0.1) is 0 Å². The van der Waals surface area contributed by atoms with Crippen LogP contribution >= 0.6 is 11.6 Å². The van der Waals surface area contributed by atoms with E-state index < -0.39 is 0 Å². The predicted molar refractivity (Wildman–Crippen MR) is 106 cm³/mol. The molecule has 2 aromatic carbocycles. The highest BCUT2D eigenvalue weighted by Gasteiger charge is 2.18. The zero-order valence-corrected chi connectivity index (χ0v) is 16.2. The number of hydrogen-bond donors (Lipinski definition) is 1. The van der Waals surface area contributed by atoms with Crippen LogP contribution in [0.1, 0.15) is 35.0 Å². The molecule has 144 valence electrons. The Balaban J connectivity index is 1.53. The molecule has 0 radical (unpaired) electrons. The van der Waals surface area contributed by atoms with E-state index in [1.165, 1.54) is 0 Å². The summed E-state index contributed by atoms with van der Waals surface area (Å²) in [6.45, 7) is 2.70. The molecule has 1 aromatic heterocycles. The lowest BCUT2D eigenvalue weighted by Gasteiger charge is -2.10. The van der Waals surface area contributed by atoms with Crippen LogP contribution in [0.3, 0.4) is 0 Å². The third-order valence-corrected chi connectivity index (χ3v) is 4.81. The largest absolute Gasteiger partial charge is 0.454 e. The molecule has 1 aliphatic heterocycles. The number of rotatable bonds is 6. The van der Waals surface area contributed by atoms with E-state index >= 15 is 0 Å². The molecule has 2 heterocycles. The van der Waals surface area contributed by atoms with Gasteiger partial charge in [-0.2, -0.15) is 5.10 Å². The van der Waals surface area contributed by atoms with Crippen molar-refractivity contribution in [3.8, 4) is 17.2 Å². The maximum atomic E-state index is 12.8. The Hall–Kier alpha value is -2.99. The molecule has 0 spiro atoms. The predicted octanol–water partition coefficient (Wildman–Crippen LogP) is 4.14. The molecule has 4 rings (SSSR count). The van der Waals surface area contributed by atoms with Crippen LogP contribution in [0.5, 0.6) is 11.5 Å². The van der Waals surface area contributed by atoms with Crippen LogP contribution in [0.2, 0.25) is 5.02 Å². The lowest BCUT2D eigenvalue weighted by atomic mass is 10.1. The van der Waals surface area contributed by atoms with Gasteiger partial charge in [-0.05, 0) is 48.4 Å². The lowest BCUT2D eigenvalue weighted by molar-refractivity contribution is 0.0950. The van der Waals surface area contributed by atoms with Gasteiger partial charge in [0.05, 0.1) is 23.1 Å². The summed E-state index contributed by atoms with van der Waals surface area (Å²) in [5.74, 6) is 1.28. The summed E-state index contributed by atoms with van der Waals surface area (Å²) in [6, 6.07) is 13.1. The topological polar surface area (TPSA) is 65.4 Å². The van der Waals surface area contributed by atoms with E-state index in [1.54, 1.807) is 10.9 Å². The first kappa shape index (κ1) is 18.4. The fraction of sp³-hybridized carbons (Fsp3) is 0.238. The Morgan fingerprint density at radius 2 is 1.96 bits per heavy atom. The Labute approximate surface area is 168 Å². The van der Waals surface area contributed by atoms with Gasteiger partial charge >= 0.3 is 0 Å². The van der Waals surface area contributed by atoms with Gasteiger partial charge in [-0.1, -0.05) is 31.0 Å².